The van der Waals surface area contributed by atoms with E-state index in [9.17, 15) is 0 Å². The van der Waals surface area contributed by atoms with Crippen molar-refractivity contribution in [1.29, 1.82) is 0 Å². The van der Waals surface area contributed by atoms with Crippen LogP contribution in [0.5, 0.6) is 0 Å². The van der Waals surface area contributed by atoms with Gasteiger partial charge in [-0.1, -0.05) is 249 Å². The van der Waals surface area contributed by atoms with E-state index in [2.05, 4.69) is 290 Å². The van der Waals surface area contributed by atoms with Gasteiger partial charge < -0.3 is 4.57 Å². The summed E-state index contributed by atoms with van der Waals surface area (Å²) in [5.74, 6) is 0. The van der Waals surface area contributed by atoms with Crippen LogP contribution in [-0.2, 0) is 0 Å². The van der Waals surface area contributed by atoms with E-state index in [0.29, 0.717) is 0 Å². The van der Waals surface area contributed by atoms with Gasteiger partial charge in [0.05, 0.1) is 11.0 Å². The van der Waals surface area contributed by atoms with Crippen molar-refractivity contribution in [1.82, 2.24) is 4.57 Å². The predicted octanol–water partition coefficient (Wildman–Crippen LogP) is 19.9. The molecule has 13 aromatic carbocycles. The Morgan fingerprint density at radius 2 is 0.438 bits per heavy atom. The fourth-order valence-corrected chi connectivity index (χ4v) is 11.3. The summed E-state index contributed by atoms with van der Waals surface area (Å²) in [6.45, 7) is 0. The third kappa shape index (κ3) is 7.58. The lowest BCUT2D eigenvalue weighted by Crippen LogP contribution is -1.94. The summed E-state index contributed by atoms with van der Waals surface area (Å²) in [7, 11) is 0. The Kier molecular flexibility index (Phi) is 10.3. The molecule has 1 nitrogen and oxygen atoms in total. The number of nitrogens with zero attached hydrogens (tertiary/aromatic N) is 1. The van der Waals surface area contributed by atoms with Crippen molar-refractivity contribution in [2.45, 2.75) is 0 Å². The first-order chi connectivity index (χ1) is 36.2. The third-order valence-corrected chi connectivity index (χ3v) is 15.1. The maximum Gasteiger partial charge on any atom is 0.0541 e. The van der Waals surface area contributed by atoms with Gasteiger partial charge in [0.25, 0.3) is 0 Å². The molecule has 0 N–H and O–H groups in total. The van der Waals surface area contributed by atoms with Gasteiger partial charge >= 0.3 is 0 Å². The summed E-state index contributed by atoms with van der Waals surface area (Å²) in [4.78, 5) is 0. The maximum absolute atomic E-state index is 2.43. The van der Waals surface area contributed by atoms with Crippen molar-refractivity contribution in [3.05, 3.63) is 285 Å². The molecule has 0 aliphatic heterocycles. The van der Waals surface area contributed by atoms with Crippen LogP contribution in [-0.4, -0.2) is 4.57 Å². The molecule has 0 saturated heterocycles. The molecule has 14 aromatic rings. The topological polar surface area (TPSA) is 4.93 Å². The van der Waals surface area contributed by atoms with Crippen LogP contribution in [0.15, 0.2) is 285 Å². The van der Waals surface area contributed by atoms with Crippen molar-refractivity contribution in [2.24, 2.45) is 0 Å². The van der Waals surface area contributed by atoms with E-state index >= 15 is 0 Å². The second kappa shape index (κ2) is 17.7. The van der Waals surface area contributed by atoms with Crippen LogP contribution < -0.4 is 0 Å². The highest BCUT2D eigenvalue weighted by Gasteiger charge is 2.16. The molecule has 0 spiro atoms. The number of aromatic nitrogens is 1. The van der Waals surface area contributed by atoms with Crippen LogP contribution in [0.1, 0.15) is 0 Å². The van der Waals surface area contributed by atoms with Gasteiger partial charge in [-0.05, 0) is 147 Å². The van der Waals surface area contributed by atoms with Crippen molar-refractivity contribution < 1.29 is 0 Å². The van der Waals surface area contributed by atoms with Gasteiger partial charge in [-0.2, -0.15) is 0 Å². The van der Waals surface area contributed by atoms with Crippen LogP contribution in [0.4, 0.5) is 0 Å². The predicted molar refractivity (Wildman–Crippen MR) is 311 cm³/mol. The average Bonchev–Trinajstić information content (AvgIpc) is 3.80. The van der Waals surface area contributed by atoms with E-state index in [4.69, 9.17) is 0 Å². The Hall–Kier alpha value is -9.56. The molecule has 0 fully saturated rings. The lowest BCUT2D eigenvalue weighted by Gasteiger charge is -2.12. The number of rotatable bonds is 8. The van der Waals surface area contributed by atoms with Gasteiger partial charge in [-0.25, -0.2) is 0 Å². The third-order valence-electron chi connectivity index (χ3n) is 15.1. The minimum Gasteiger partial charge on any atom is -0.309 e. The molecule has 73 heavy (non-hydrogen) atoms. The molecule has 1 aromatic heterocycles. The van der Waals surface area contributed by atoms with E-state index < -0.39 is 0 Å². The number of fused-ring (bicyclic) bond motifs is 6. The SMILES string of the molecule is c1ccc2c(-c3ccc(-c4ccc(-c5ccc6c(c5)c5cc(-c7ccc(-c8ccc(-c9cccc%10ccccc9%10)cc8)cc7)ccc5n6-c5ccc(-c6cccc7ccccc67)cc5)cc4)cc3)cccc2c1. The van der Waals surface area contributed by atoms with Crippen LogP contribution in [0, 0.1) is 0 Å². The monoisotopic (exact) mass is 925 g/mol. The molecule has 1 heteroatoms. The zero-order chi connectivity index (χ0) is 48.2. The molecule has 1 heterocycles. The molecule has 0 bridgehead atoms. The largest absolute Gasteiger partial charge is 0.309 e. The van der Waals surface area contributed by atoms with Gasteiger partial charge in [-0.15, -0.1) is 0 Å². The van der Waals surface area contributed by atoms with Crippen molar-refractivity contribution in [2.75, 3.05) is 0 Å². The first-order valence-electron chi connectivity index (χ1n) is 25.2. The number of hydrogen-bond acceptors (Lipinski definition) is 0. The molecule has 14 rings (SSSR count). The van der Waals surface area contributed by atoms with E-state index in [1.807, 2.05) is 0 Å². The van der Waals surface area contributed by atoms with Gasteiger partial charge in [0.1, 0.15) is 0 Å². The molecule has 0 atom stereocenters. The first-order valence-corrected chi connectivity index (χ1v) is 25.2. The molecule has 0 saturated carbocycles. The van der Waals surface area contributed by atoms with Gasteiger partial charge in [0, 0.05) is 16.5 Å². The zero-order valence-electron chi connectivity index (χ0n) is 40.1. The smallest absolute Gasteiger partial charge is 0.0541 e. The summed E-state index contributed by atoms with van der Waals surface area (Å²) >= 11 is 0. The standard InChI is InChI=1S/C72H47N/c1-4-16-63-54(10-1)13-7-19-66(63)57-34-30-50(31-35-57)48-22-26-52(27-23-48)60-40-44-71-69(46-60)70-47-61(41-45-72(70)73(71)62-42-38-59(39-43-62)68-21-9-15-56-12-3-6-18-65(56)68)53-28-24-49(25-29-53)51-32-36-58(37-33-51)67-20-8-14-55-11-2-5-17-64(55)67/h1-47H. The normalized spacial score (nSPS) is 11.6. The van der Waals surface area contributed by atoms with Crippen LogP contribution >= 0.6 is 0 Å². The number of hydrogen-bond donors (Lipinski definition) is 0. The van der Waals surface area contributed by atoms with Crippen LogP contribution in [0.25, 0.3) is 138 Å². The molecular formula is C72H47N. The fourth-order valence-electron chi connectivity index (χ4n) is 11.3. The molecule has 0 unspecified atom stereocenters. The highest BCUT2D eigenvalue weighted by atomic mass is 15.0. The highest BCUT2D eigenvalue weighted by molar-refractivity contribution is 6.12. The van der Waals surface area contributed by atoms with Gasteiger partial charge in [-0.3, -0.25) is 0 Å². The first kappa shape index (κ1) is 42.3. The summed E-state index contributed by atoms with van der Waals surface area (Å²) in [5.41, 5.74) is 20.5. The van der Waals surface area contributed by atoms with Crippen molar-refractivity contribution in [3.63, 3.8) is 0 Å². The van der Waals surface area contributed by atoms with Gasteiger partial charge in [0.15, 0.2) is 0 Å². The van der Waals surface area contributed by atoms with E-state index in [0.717, 1.165) is 5.69 Å². The lowest BCUT2D eigenvalue weighted by molar-refractivity contribution is 1.18. The average molecular weight is 926 g/mol. The van der Waals surface area contributed by atoms with E-state index in [1.165, 1.54) is 132 Å². The Morgan fingerprint density at radius 3 is 0.781 bits per heavy atom. The highest BCUT2D eigenvalue weighted by Crippen LogP contribution is 2.40. The molecule has 340 valence electrons. The second-order valence-corrected chi connectivity index (χ2v) is 19.2. The Balaban J connectivity index is 0.811. The van der Waals surface area contributed by atoms with Crippen molar-refractivity contribution >= 4 is 54.1 Å². The molecule has 0 aliphatic carbocycles. The quantitative estimate of drug-likeness (QED) is 0.143. The second-order valence-electron chi connectivity index (χ2n) is 19.2. The molecule has 0 amide bonds. The summed E-state index contributed by atoms with van der Waals surface area (Å²) < 4.78 is 2.43. The Bertz CT molecular complexity index is 4130. The Morgan fingerprint density at radius 1 is 0.178 bits per heavy atom. The van der Waals surface area contributed by atoms with E-state index in [-0.39, 0.29) is 0 Å². The summed E-state index contributed by atoms with van der Waals surface area (Å²) in [5, 5.41) is 10.0. The minimum atomic E-state index is 1.14. The fraction of sp³-hybridized carbons (Fsp3) is 0. The molecular weight excluding hydrogens is 879 g/mol. The van der Waals surface area contributed by atoms with Gasteiger partial charge in [0.2, 0.25) is 0 Å². The summed E-state index contributed by atoms with van der Waals surface area (Å²) in [6, 6.07) is 105. The minimum absolute atomic E-state index is 1.14. The van der Waals surface area contributed by atoms with Crippen LogP contribution in [0.3, 0.4) is 0 Å². The van der Waals surface area contributed by atoms with Crippen LogP contribution in [0.2, 0.25) is 0 Å². The Labute approximate surface area is 425 Å². The summed E-state index contributed by atoms with van der Waals surface area (Å²) in [6.07, 6.45) is 0. The molecule has 0 aliphatic rings. The lowest BCUT2D eigenvalue weighted by atomic mass is 9.95. The van der Waals surface area contributed by atoms with Crippen molar-refractivity contribution in [3.8, 4) is 83.6 Å². The van der Waals surface area contributed by atoms with E-state index in [1.54, 1.807) is 0 Å². The molecule has 0 radical (unpaired) electrons. The maximum atomic E-state index is 2.43. The number of benzene rings is 13. The zero-order valence-corrected chi connectivity index (χ0v) is 40.1.